The van der Waals surface area contributed by atoms with E-state index in [4.69, 9.17) is 23.0 Å². The van der Waals surface area contributed by atoms with Crippen LogP contribution in [0.2, 0.25) is 0 Å². The molecule has 41 heavy (non-hydrogen) atoms. The second-order valence-corrected chi connectivity index (χ2v) is 9.55. The molecule has 4 aromatic rings. The first-order valence-electron chi connectivity index (χ1n) is 13.2. The zero-order valence-electron chi connectivity index (χ0n) is 23.1. The van der Waals surface area contributed by atoms with Gasteiger partial charge in [0.1, 0.15) is 23.8 Å². The van der Waals surface area contributed by atoms with E-state index in [1.807, 2.05) is 0 Å². The molecule has 1 saturated heterocycles. The molecular weight excluding hydrogens is 532 g/mol. The summed E-state index contributed by atoms with van der Waals surface area (Å²) in [6, 6.07) is 11.0. The second-order valence-electron chi connectivity index (χ2n) is 9.55. The first-order chi connectivity index (χ1) is 19.9. The van der Waals surface area contributed by atoms with E-state index >= 15 is 0 Å². The number of amides is 2. The molecule has 1 N–H and O–H groups in total. The molecule has 2 atom stereocenters. The third-order valence-corrected chi connectivity index (χ3v) is 6.72. The molecule has 13 heteroatoms. The normalized spacial score (nSPS) is 15.4. The van der Waals surface area contributed by atoms with Gasteiger partial charge in [0.15, 0.2) is 17.5 Å². The molecule has 0 spiro atoms. The molecule has 4 heterocycles. The average molecular weight is 565 g/mol. The minimum atomic E-state index is -1.07. The number of carbonyl (C=O) groups excluding carboxylic acids is 2. The number of tetrazole rings is 1. The quantitative estimate of drug-likeness (QED) is 0.272. The van der Waals surface area contributed by atoms with Crippen LogP contribution in [-0.2, 0) is 27.4 Å². The Morgan fingerprint density at radius 1 is 1.17 bits per heavy atom. The van der Waals surface area contributed by atoms with Gasteiger partial charge in [0.05, 0.1) is 33.1 Å². The van der Waals surface area contributed by atoms with E-state index in [-0.39, 0.29) is 19.2 Å². The molecule has 1 aliphatic heterocycles. The lowest BCUT2D eigenvalue weighted by Crippen LogP contribution is -2.46. The van der Waals surface area contributed by atoms with Gasteiger partial charge in [0.2, 0.25) is 11.7 Å². The molecule has 1 fully saturated rings. The Labute approximate surface area is 236 Å². The highest BCUT2D eigenvalue weighted by Gasteiger charge is 2.35. The number of ether oxygens (including phenoxy) is 3. The zero-order valence-corrected chi connectivity index (χ0v) is 23.1. The highest BCUT2D eigenvalue weighted by atomic mass is 16.5. The molecule has 2 unspecified atom stereocenters. The van der Waals surface area contributed by atoms with Crippen LogP contribution in [0, 0.1) is 6.92 Å². The number of methoxy groups -OCH3 is 2. The lowest BCUT2D eigenvalue weighted by Gasteiger charge is -2.29. The molecule has 5 rings (SSSR count). The fourth-order valence-corrected chi connectivity index (χ4v) is 4.65. The molecular formula is C28H32N6O7. The Morgan fingerprint density at radius 2 is 2.02 bits per heavy atom. The van der Waals surface area contributed by atoms with Gasteiger partial charge in [0.25, 0.3) is 5.91 Å². The van der Waals surface area contributed by atoms with Crippen molar-refractivity contribution in [2.24, 2.45) is 0 Å². The number of aromatic nitrogens is 4. The van der Waals surface area contributed by atoms with Crippen molar-refractivity contribution in [1.82, 2.24) is 30.4 Å². The number of hydrogen-bond acceptors (Lipinski definition) is 10. The van der Waals surface area contributed by atoms with Crippen molar-refractivity contribution in [3.8, 4) is 22.9 Å². The molecule has 0 saturated carbocycles. The summed E-state index contributed by atoms with van der Waals surface area (Å²) in [5, 5.41) is 15.5. The van der Waals surface area contributed by atoms with Gasteiger partial charge in [-0.3, -0.25) is 9.59 Å². The van der Waals surface area contributed by atoms with Gasteiger partial charge in [-0.25, -0.2) is 0 Å². The smallest absolute Gasteiger partial charge is 0.250 e. The zero-order chi connectivity index (χ0) is 28.8. The highest BCUT2D eigenvalue weighted by Crippen LogP contribution is 2.31. The van der Waals surface area contributed by atoms with Gasteiger partial charge < -0.3 is 33.3 Å². The van der Waals surface area contributed by atoms with E-state index in [9.17, 15) is 9.59 Å². The molecule has 216 valence electrons. The summed E-state index contributed by atoms with van der Waals surface area (Å²) in [6.07, 6.45) is 3.25. The summed E-state index contributed by atoms with van der Waals surface area (Å²) in [7, 11) is 3.08. The summed E-state index contributed by atoms with van der Waals surface area (Å²) in [6.45, 7) is 2.51. The first-order valence-corrected chi connectivity index (χ1v) is 13.2. The molecule has 13 nitrogen and oxygen atoms in total. The molecule has 2 amide bonds. The number of benzene rings is 1. The molecule has 3 aromatic heterocycles. The Kier molecular flexibility index (Phi) is 8.63. The Balaban J connectivity index is 1.40. The maximum Gasteiger partial charge on any atom is 0.250 e. The van der Waals surface area contributed by atoms with Crippen LogP contribution in [0.4, 0.5) is 0 Å². The van der Waals surface area contributed by atoms with Crippen molar-refractivity contribution < 1.29 is 32.6 Å². The van der Waals surface area contributed by atoms with Crippen LogP contribution in [0.25, 0.3) is 11.4 Å². The molecule has 0 aliphatic carbocycles. The Morgan fingerprint density at radius 3 is 2.71 bits per heavy atom. The number of nitrogens with zero attached hydrogens (tertiary/aromatic N) is 5. The van der Waals surface area contributed by atoms with E-state index in [2.05, 4.69) is 20.7 Å². The predicted octanol–water partition coefficient (Wildman–Crippen LogP) is 2.92. The molecule has 0 radical (unpaired) electrons. The van der Waals surface area contributed by atoms with E-state index in [0.29, 0.717) is 53.3 Å². The lowest BCUT2D eigenvalue weighted by molar-refractivity contribution is -0.143. The van der Waals surface area contributed by atoms with Gasteiger partial charge in [0, 0.05) is 18.7 Å². The van der Waals surface area contributed by atoms with Crippen LogP contribution in [0.15, 0.2) is 57.6 Å². The fraction of sp³-hybridized carbons (Fsp3) is 0.393. The third-order valence-electron chi connectivity index (χ3n) is 6.72. The summed E-state index contributed by atoms with van der Waals surface area (Å²) >= 11 is 0. The maximum atomic E-state index is 13.8. The third kappa shape index (κ3) is 6.57. The fourth-order valence-electron chi connectivity index (χ4n) is 4.65. The van der Waals surface area contributed by atoms with Gasteiger partial charge >= 0.3 is 0 Å². The molecule has 0 bridgehead atoms. The van der Waals surface area contributed by atoms with E-state index in [1.165, 1.54) is 23.1 Å². The van der Waals surface area contributed by atoms with Gasteiger partial charge in [-0.1, -0.05) is 0 Å². The van der Waals surface area contributed by atoms with Crippen LogP contribution < -0.4 is 14.8 Å². The summed E-state index contributed by atoms with van der Waals surface area (Å²) in [4.78, 5) is 30.0. The summed E-state index contributed by atoms with van der Waals surface area (Å²) in [5.41, 5.74) is 0.631. The van der Waals surface area contributed by atoms with E-state index < -0.39 is 17.9 Å². The number of nitrogens with one attached hydrogen (secondary N) is 1. The van der Waals surface area contributed by atoms with Crippen LogP contribution in [-0.4, -0.2) is 70.4 Å². The van der Waals surface area contributed by atoms with Crippen LogP contribution >= 0.6 is 0 Å². The SMILES string of the molecule is COc1ccc(-c2nnn(CC(=O)N(Cc3ccco3)C(C(=O)NCC3CCCO3)c3ccc(C)o3)n2)cc1OC. The summed E-state index contributed by atoms with van der Waals surface area (Å²) < 4.78 is 27.7. The van der Waals surface area contributed by atoms with Crippen molar-refractivity contribution in [2.45, 2.75) is 45.0 Å². The van der Waals surface area contributed by atoms with Crippen LogP contribution in [0.3, 0.4) is 0 Å². The molecule has 1 aromatic carbocycles. The van der Waals surface area contributed by atoms with Gasteiger partial charge in [-0.05, 0) is 67.4 Å². The number of furan rings is 2. The minimum Gasteiger partial charge on any atom is -0.493 e. The number of aryl methyl sites for hydroxylation is 1. The number of rotatable bonds is 12. The van der Waals surface area contributed by atoms with Crippen molar-refractivity contribution in [3.63, 3.8) is 0 Å². The van der Waals surface area contributed by atoms with Crippen molar-refractivity contribution in [3.05, 3.63) is 66.0 Å². The summed E-state index contributed by atoms with van der Waals surface area (Å²) in [5.74, 6) is 1.96. The maximum absolute atomic E-state index is 13.8. The van der Waals surface area contributed by atoms with Gasteiger partial charge in [-0.15, -0.1) is 10.2 Å². The topological polar surface area (TPSA) is 147 Å². The van der Waals surface area contributed by atoms with Crippen LogP contribution in [0.1, 0.15) is 36.2 Å². The minimum absolute atomic E-state index is 0.0147. The van der Waals surface area contributed by atoms with E-state index in [1.54, 1.807) is 56.5 Å². The standard InChI is InChI=1S/C28H32N6O7/c1-18-8-10-23(41-18)26(28(36)29-15-20-6-4-12-39-20)33(16-21-7-5-13-40-21)25(35)17-34-31-27(30-32-34)19-9-11-22(37-2)24(14-19)38-3/h5,7-11,13-14,20,26H,4,6,12,15-17H2,1-3H3,(H,29,36). The van der Waals surface area contributed by atoms with Crippen LogP contribution in [0.5, 0.6) is 11.5 Å². The Hall–Kier alpha value is -4.65. The number of hydrogen-bond donors (Lipinski definition) is 1. The van der Waals surface area contributed by atoms with Crippen molar-refractivity contribution in [2.75, 3.05) is 27.4 Å². The lowest BCUT2D eigenvalue weighted by atomic mass is 10.1. The Bertz CT molecular complexity index is 1460. The monoisotopic (exact) mass is 564 g/mol. The largest absolute Gasteiger partial charge is 0.493 e. The van der Waals surface area contributed by atoms with Gasteiger partial charge in [-0.2, -0.15) is 4.80 Å². The first kappa shape index (κ1) is 27.9. The highest BCUT2D eigenvalue weighted by molar-refractivity contribution is 5.88. The van der Waals surface area contributed by atoms with Crippen molar-refractivity contribution in [1.29, 1.82) is 0 Å². The van der Waals surface area contributed by atoms with E-state index in [0.717, 1.165) is 12.8 Å². The average Bonchev–Trinajstić information content (AvgIpc) is 3.80. The molecule has 1 aliphatic rings. The van der Waals surface area contributed by atoms with Crippen molar-refractivity contribution >= 4 is 11.8 Å². The predicted molar refractivity (Wildman–Crippen MR) is 144 cm³/mol. The number of carbonyl (C=O) groups is 2. The second kappa shape index (κ2) is 12.7.